The van der Waals surface area contributed by atoms with Crippen LogP contribution in [0.4, 0.5) is 5.69 Å². The Morgan fingerprint density at radius 2 is 2.00 bits per heavy atom. The fourth-order valence-electron chi connectivity index (χ4n) is 5.89. The van der Waals surface area contributed by atoms with Crippen LogP contribution in [-0.2, 0) is 22.7 Å². The third kappa shape index (κ3) is 4.25. The number of imide groups is 1. The predicted molar refractivity (Wildman–Crippen MR) is 137 cm³/mol. The van der Waals surface area contributed by atoms with Crippen LogP contribution in [0.5, 0.6) is 0 Å². The van der Waals surface area contributed by atoms with E-state index in [1.807, 2.05) is 30.5 Å². The molecule has 0 saturated carbocycles. The van der Waals surface area contributed by atoms with Crippen LogP contribution in [0.1, 0.15) is 42.2 Å². The molecule has 36 heavy (non-hydrogen) atoms. The topological polar surface area (TPSA) is 89.0 Å². The van der Waals surface area contributed by atoms with Gasteiger partial charge in [0.25, 0.3) is 0 Å². The van der Waals surface area contributed by atoms with Gasteiger partial charge in [0.05, 0.1) is 11.6 Å². The maximum absolute atomic E-state index is 12.4. The molecule has 2 fully saturated rings. The summed E-state index contributed by atoms with van der Waals surface area (Å²) in [4.78, 5) is 35.1. The van der Waals surface area contributed by atoms with Crippen molar-refractivity contribution in [1.82, 2.24) is 20.1 Å². The Morgan fingerprint density at radius 1 is 1.14 bits per heavy atom. The number of benzene rings is 2. The molecule has 3 atom stereocenters. The summed E-state index contributed by atoms with van der Waals surface area (Å²) < 4.78 is 0. The quantitative estimate of drug-likeness (QED) is 0.537. The monoisotopic (exact) mass is 485 g/mol. The Balaban J connectivity index is 1.11. The van der Waals surface area contributed by atoms with Gasteiger partial charge < -0.3 is 10.0 Å². The van der Waals surface area contributed by atoms with Crippen molar-refractivity contribution < 1.29 is 14.7 Å². The molecule has 0 bridgehead atoms. The lowest BCUT2D eigenvalue weighted by molar-refractivity contribution is -0.141. The molecule has 2 aromatic carbocycles. The van der Waals surface area contributed by atoms with Gasteiger partial charge in [-0.05, 0) is 48.2 Å². The van der Waals surface area contributed by atoms with Crippen molar-refractivity contribution >= 4 is 28.4 Å². The molecule has 4 heterocycles. The van der Waals surface area contributed by atoms with E-state index >= 15 is 0 Å². The second-order valence-corrected chi connectivity index (χ2v) is 10.2. The summed E-state index contributed by atoms with van der Waals surface area (Å²) in [5, 5.41) is 14.5. The number of carbonyl (C=O) groups excluding carboxylic acids is 2. The molecule has 0 radical (unpaired) electrons. The van der Waals surface area contributed by atoms with Gasteiger partial charge in [0.2, 0.25) is 11.8 Å². The Morgan fingerprint density at radius 3 is 2.86 bits per heavy atom. The molecule has 6 rings (SSSR count). The van der Waals surface area contributed by atoms with E-state index in [-0.39, 0.29) is 11.8 Å². The highest BCUT2D eigenvalue weighted by molar-refractivity contribution is 6.00. The van der Waals surface area contributed by atoms with Gasteiger partial charge in [0.1, 0.15) is 6.23 Å². The number of hydrogen-bond acceptors (Lipinski definition) is 7. The average molecular weight is 486 g/mol. The van der Waals surface area contributed by atoms with Crippen molar-refractivity contribution in [3.05, 3.63) is 71.4 Å². The number of hydrogen-bond donors (Lipinski definition) is 2. The highest BCUT2D eigenvalue weighted by atomic mass is 16.3. The highest BCUT2D eigenvalue weighted by Crippen LogP contribution is 2.37. The Hall–Kier alpha value is -3.33. The first-order chi connectivity index (χ1) is 17.5. The van der Waals surface area contributed by atoms with E-state index in [1.165, 1.54) is 10.9 Å². The number of aromatic nitrogens is 1. The van der Waals surface area contributed by atoms with Crippen LogP contribution in [0.2, 0.25) is 0 Å². The number of carbonyl (C=O) groups is 2. The molecule has 2 amide bonds. The lowest BCUT2D eigenvalue weighted by atomic mass is 10.0. The number of rotatable bonds is 5. The Labute approximate surface area is 210 Å². The second kappa shape index (κ2) is 9.28. The molecule has 0 aliphatic carbocycles. The van der Waals surface area contributed by atoms with Crippen LogP contribution in [-0.4, -0.2) is 63.9 Å². The van der Waals surface area contributed by atoms with E-state index in [0.29, 0.717) is 25.4 Å². The van der Waals surface area contributed by atoms with E-state index < -0.39 is 12.3 Å². The minimum Gasteiger partial charge on any atom is -0.374 e. The molecule has 8 heteroatoms. The fraction of sp³-hybridized carbons (Fsp3) is 0.393. The van der Waals surface area contributed by atoms with E-state index in [1.54, 1.807) is 4.90 Å². The summed E-state index contributed by atoms with van der Waals surface area (Å²) in [6.45, 7) is 3.40. The number of para-hydroxylation sites is 1. The first-order valence-electron chi connectivity index (χ1n) is 12.7. The van der Waals surface area contributed by atoms with Crippen LogP contribution in [0.25, 0.3) is 10.9 Å². The summed E-state index contributed by atoms with van der Waals surface area (Å²) >= 11 is 0. The summed E-state index contributed by atoms with van der Waals surface area (Å²) in [5.74, 6) is -0.558. The predicted octanol–water partition coefficient (Wildman–Crippen LogP) is 2.56. The molecule has 0 spiro atoms. The average Bonchev–Trinajstić information content (AvgIpc) is 3.47. The molecular weight excluding hydrogens is 454 g/mol. The molecule has 2 saturated heterocycles. The van der Waals surface area contributed by atoms with Gasteiger partial charge >= 0.3 is 0 Å². The SMILES string of the molecule is CN(c1ccc2c(c1)CN(C1CCC(=O)NC1=O)C2O)[C@@H]1CCN(Cc2cnc3ccccc3c2)C1. The first kappa shape index (κ1) is 23.1. The molecule has 2 N–H and O–H groups in total. The summed E-state index contributed by atoms with van der Waals surface area (Å²) in [7, 11) is 2.14. The third-order valence-electron chi connectivity index (χ3n) is 7.94. The smallest absolute Gasteiger partial charge is 0.244 e. The molecule has 3 aromatic rings. The van der Waals surface area contributed by atoms with E-state index in [2.05, 4.69) is 51.4 Å². The molecule has 8 nitrogen and oxygen atoms in total. The largest absolute Gasteiger partial charge is 0.374 e. The molecule has 186 valence electrons. The van der Waals surface area contributed by atoms with Crippen LogP contribution >= 0.6 is 0 Å². The van der Waals surface area contributed by atoms with Crippen LogP contribution in [0.3, 0.4) is 0 Å². The van der Waals surface area contributed by atoms with Crippen molar-refractivity contribution in [2.45, 2.75) is 50.7 Å². The third-order valence-corrected chi connectivity index (χ3v) is 7.94. The van der Waals surface area contributed by atoms with Crippen molar-refractivity contribution in [2.24, 2.45) is 0 Å². The highest BCUT2D eigenvalue weighted by Gasteiger charge is 2.40. The van der Waals surface area contributed by atoms with Gasteiger partial charge in [0, 0.05) is 68.5 Å². The number of anilines is 1. The van der Waals surface area contributed by atoms with Gasteiger partial charge in [-0.3, -0.25) is 29.7 Å². The number of amides is 2. The maximum atomic E-state index is 12.4. The van der Waals surface area contributed by atoms with E-state index in [0.717, 1.165) is 48.4 Å². The number of piperidine rings is 1. The van der Waals surface area contributed by atoms with Crippen molar-refractivity contribution in [1.29, 1.82) is 0 Å². The lowest BCUT2D eigenvalue weighted by Crippen LogP contribution is -2.51. The van der Waals surface area contributed by atoms with Crippen molar-refractivity contribution in [2.75, 3.05) is 25.0 Å². The summed E-state index contributed by atoms with van der Waals surface area (Å²) in [5.41, 5.74) is 5.25. The van der Waals surface area contributed by atoms with Gasteiger partial charge in [-0.25, -0.2) is 0 Å². The summed E-state index contributed by atoms with van der Waals surface area (Å²) in [6.07, 6.45) is 2.98. The number of fused-ring (bicyclic) bond motifs is 2. The minimum absolute atomic E-state index is 0.242. The normalized spacial score (nSPS) is 24.8. The van der Waals surface area contributed by atoms with Crippen molar-refractivity contribution in [3.8, 4) is 0 Å². The number of likely N-dealkylation sites (N-methyl/N-ethyl adjacent to an activating group) is 1. The van der Waals surface area contributed by atoms with Crippen LogP contribution in [0, 0.1) is 0 Å². The van der Waals surface area contributed by atoms with Gasteiger partial charge in [-0.2, -0.15) is 0 Å². The van der Waals surface area contributed by atoms with Crippen LogP contribution < -0.4 is 10.2 Å². The number of pyridine rings is 1. The van der Waals surface area contributed by atoms with Crippen molar-refractivity contribution in [3.63, 3.8) is 0 Å². The molecule has 2 unspecified atom stereocenters. The zero-order valence-electron chi connectivity index (χ0n) is 20.4. The maximum Gasteiger partial charge on any atom is 0.244 e. The van der Waals surface area contributed by atoms with Gasteiger partial charge in [0.15, 0.2) is 0 Å². The Kier molecular flexibility index (Phi) is 5.95. The molecular formula is C28H31N5O3. The molecule has 3 aliphatic heterocycles. The fourth-order valence-corrected chi connectivity index (χ4v) is 5.89. The lowest BCUT2D eigenvalue weighted by Gasteiger charge is -2.31. The number of aliphatic hydroxyl groups is 1. The first-order valence-corrected chi connectivity index (χ1v) is 12.7. The Bertz CT molecular complexity index is 1330. The van der Waals surface area contributed by atoms with Gasteiger partial charge in [-0.15, -0.1) is 0 Å². The van der Waals surface area contributed by atoms with E-state index in [9.17, 15) is 14.7 Å². The molecule has 3 aliphatic rings. The van der Waals surface area contributed by atoms with E-state index in [4.69, 9.17) is 0 Å². The van der Waals surface area contributed by atoms with Gasteiger partial charge in [-0.1, -0.05) is 24.3 Å². The minimum atomic E-state index is -0.833. The standard InChI is InChI=1S/C28H31N5O3/c1-31(22-10-11-32(17-22)15-18-12-19-4-2-3-5-24(19)29-14-18)21-6-7-23-20(13-21)16-33(28(23)36)25-8-9-26(34)30-27(25)35/h2-7,12-14,22,25,28,36H,8-11,15-17H2,1H3,(H,30,34,35)/t22-,25?,28?/m1/s1. The molecule has 1 aromatic heterocycles. The zero-order valence-corrected chi connectivity index (χ0v) is 20.4. The number of nitrogens with zero attached hydrogens (tertiary/aromatic N) is 4. The number of nitrogens with one attached hydrogen (secondary N) is 1. The summed E-state index contributed by atoms with van der Waals surface area (Å²) in [6, 6.07) is 16.5. The zero-order chi connectivity index (χ0) is 24.8. The van der Waals surface area contributed by atoms with Crippen LogP contribution in [0.15, 0.2) is 54.7 Å². The second-order valence-electron chi connectivity index (χ2n) is 10.2. The number of likely N-dealkylation sites (tertiary alicyclic amines) is 1. The number of aliphatic hydroxyl groups excluding tert-OH is 1.